The predicted octanol–water partition coefficient (Wildman–Crippen LogP) is 4.34. The molecule has 0 atom stereocenters. The number of rotatable bonds is 4. The Kier molecular flexibility index (Phi) is 4.23. The van der Waals surface area contributed by atoms with E-state index in [1.807, 2.05) is 0 Å². The summed E-state index contributed by atoms with van der Waals surface area (Å²) in [6, 6.07) is 6.40. The minimum absolute atomic E-state index is 0.132. The number of H-pyrrole nitrogens is 1. The Morgan fingerprint density at radius 3 is 2.74 bits per heavy atom. The number of imidazole rings is 1. The summed E-state index contributed by atoms with van der Waals surface area (Å²) in [4.78, 5) is 17.8. The Labute approximate surface area is 138 Å². The second kappa shape index (κ2) is 6.17. The average Bonchev–Trinajstić information content (AvgIpc) is 2.86. The molecule has 0 saturated heterocycles. The van der Waals surface area contributed by atoms with E-state index in [0.29, 0.717) is 21.8 Å². The van der Waals surface area contributed by atoms with Gasteiger partial charge in [0, 0.05) is 17.2 Å². The van der Waals surface area contributed by atoms with Gasteiger partial charge in [-0.15, -0.1) is 0 Å². The van der Waals surface area contributed by atoms with Crippen LogP contribution in [0.4, 0.5) is 8.78 Å². The molecule has 118 valence electrons. The lowest BCUT2D eigenvalue weighted by molar-refractivity contribution is -0.133. The van der Waals surface area contributed by atoms with Gasteiger partial charge in [-0.3, -0.25) is 4.79 Å². The lowest BCUT2D eigenvalue weighted by Crippen LogP contribution is -1.97. The van der Waals surface area contributed by atoms with Gasteiger partial charge in [-0.1, -0.05) is 23.4 Å². The zero-order valence-electron chi connectivity index (χ0n) is 11.4. The number of carboxylic acid groups (broad SMARTS) is 1. The smallest absolute Gasteiger partial charge is 0.313 e. The van der Waals surface area contributed by atoms with Crippen molar-refractivity contribution in [3.63, 3.8) is 0 Å². The van der Waals surface area contributed by atoms with Crippen LogP contribution in [-0.4, -0.2) is 26.8 Å². The Morgan fingerprint density at radius 2 is 2.04 bits per heavy atom. The first-order chi connectivity index (χ1) is 10.9. The van der Waals surface area contributed by atoms with Gasteiger partial charge >= 0.3 is 5.97 Å². The highest BCUT2D eigenvalue weighted by Gasteiger charge is 2.14. The molecule has 0 fully saturated rings. The molecule has 1 heterocycles. The number of aromatic nitrogens is 2. The van der Waals surface area contributed by atoms with E-state index < -0.39 is 17.6 Å². The molecule has 0 aliphatic rings. The van der Waals surface area contributed by atoms with E-state index in [1.165, 1.54) is 6.07 Å². The second-order valence-corrected chi connectivity index (χ2v) is 6.07. The molecule has 0 unspecified atom stereocenters. The van der Waals surface area contributed by atoms with Crippen LogP contribution in [0.15, 0.2) is 35.5 Å². The third-order valence-electron chi connectivity index (χ3n) is 3.10. The molecular weight excluding hydrogens is 346 g/mol. The molecule has 0 spiro atoms. The number of thioether (sulfide) groups is 1. The highest BCUT2D eigenvalue weighted by atomic mass is 35.5. The topological polar surface area (TPSA) is 66.0 Å². The first-order valence-electron chi connectivity index (χ1n) is 6.43. The lowest BCUT2D eigenvalue weighted by Gasteiger charge is -2.06. The van der Waals surface area contributed by atoms with Crippen LogP contribution in [0.2, 0.25) is 5.02 Å². The number of carboxylic acids is 1. The molecule has 3 aromatic rings. The third kappa shape index (κ3) is 3.30. The van der Waals surface area contributed by atoms with Crippen molar-refractivity contribution in [3.8, 4) is 11.1 Å². The summed E-state index contributed by atoms with van der Waals surface area (Å²) in [6.07, 6.45) is 0. The fourth-order valence-corrected chi connectivity index (χ4v) is 2.99. The van der Waals surface area contributed by atoms with Gasteiger partial charge in [-0.25, -0.2) is 13.8 Å². The van der Waals surface area contributed by atoms with E-state index in [4.69, 9.17) is 16.7 Å². The highest BCUT2D eigenvalue weighted by Crippen LogP contribution is 2.34. The molecule has 2 aromatic carbocycles. The van der Waals surface area contributed by atoms with Gasteiger partial charge in [-0.05, 0) is 24.3 Å². The SMILES string of the molecule is O=C(O)CSc1nc2cc(-c3ccc(F)cc3F)c(Cl)cc2[nH]1. The Bertz CT molecular complexity index is 914. The van der Waals surface area contributed by atoms with Crippen LogP contribution in [0.5, 0.6) is 0 Å². The van der Waals surface area contributed by atoms with Gasteiger partial charge in [-0.2, -0.15) is 0 Å². The molecule has 0 amide bonds. The number of aliphatic carboxylic acids is 1. The fourth-order valence-electron chi connectivity index (χ4n) is 2.12. The van der Waals surface area contributed by atoms with Crippen molar-refractivity contribution in [1.82, 2.24) is 9.97 Å². The third-order valence-corrected chi connectivity index (χ3v) is 4.27. The number of carbonyl (C=O) groups is 1. The first kappa shape index (κ1) is 15.8. The van der Waals surface area contributed by atoms with Crippen molar-refractivity contribution in [1.29, 1.82) is 0 Å². The van der Waals surface area contributed by atoms with E-state index in [1.54, 1.807) is 12.1 Å². The monoisotopic (exact) mass is 354 g/mol. The minimum Gasteiger partial charge on any atom is -0.481 e. The number of fused-ring (bicyclic) bond motifs is 1. The van der Waals surface area contributed by atoms with Crippen molar-refractivity contribution in [2.45, 2.75) is 5.16 Å². The molecule has 4 nitrogen and oxygen atoms in total. The maximum absolute atomic E-state index is 13.9. The summed E-state index contributed by atoms with van der Waals surface area (Å²) in [5.74, 6) is -2.48. The number of nitrogens with zero attached hydrogens (tertiary/aromatic N) is 1. The van der Waals surface area contributed by atoms with E-state index in [0.717, 1.165) is 23.9 Å². The van der Waals surface area contributed by atoms with Gasteiger partial charge in [0.15, 0.2) is 5.16 Å². The average molecular weight is 355 g/mol. The molecule has 0 aliphatic carbocycles. The molecule has 1 aromatic heterocycles. The van der Waals surface area contributed by atoms with E-state index in [2.05, 4.69) is 9.97 Å². The largest absolute Gasteiger partial charge is 0.481 e. The van der Waals surface area contributed by atoms with Crippen LogP contribution in [0.25, 0.3) is 22.2 Å². The number of halogens is 3. The second-order valence-electron chi connectivity index (χ2n) is 4.70. The summed E-state index contributed by atoms with van der Waals surface area (Å²) in [7, 11) is 0. The summed E-state index contributed by atoms with van der Waals surface area (Å²) >= 11 is 7.21. The summed E-state index contributed by atoms with van der Waals surface area (Å²) in [6.45, 7) is 0. The van der Waals surface area contributed by atoms with Crippen LogP contribution in [0.1, 0.15) is 0 Å². The van der Waals surface area contributed by atoms with Crippen LogP contribution < -0.4 is 0 Å². The molecule has 8 heteroatoms. The van der Waals surface area contributed by atoms with Crippen molar-refractivity contribution >= 4 is 40.4 Å². The molecule has 0 bridgehead atoms. The van der Waals surface area contributed by atoms with Gasteiger partial charge in [0.05, 0.1) is 21.8 Å². The first-order valence-corrected chi connectivity index (χ1v) is 7.79. The van der Waals surface area contributed by atoms with Crippen LogP contribution in [-0.2, 0) is 4.79 Å². The zero-order valence-corrected chi connectivity index (χ0v) is 13.0. The number of nitrogens with one attached hydrogen (secondary N) is 1. The van der Waals surface area contributed by atoms with Crippen molar-refractivity contribution in [2.24, 2.45) is 0 Å². The van der Waals surface area contributed by atoms with Crippen molar-refractivity contribution < 1.29 is 18.7 Å². The van der Waals surface area contributed by atoms with E-state index >= 15 is 0 Å². The summed E-state index contributed by atoms with van der Waals surface area (Å²) in [5, 5.41) is 9.39. The van der Waals surface area contributed by atoms with Crippen LogP contribution in [0.3, 0.4) is 0 Å². The quantitative estimate of drug-likeness (QED) is 0.684. The normalized spacial score (nSPS) is 11.1. The molecule has 23 heavy (non-hydrogen) atoms. The van der Waals surface area contributed by atoms with Gasteiger partial charge in [0.2, 0.25) is 0 Å². The van der Waals surface area contributed by atoms with E-state index in [-0.39, 0.29) is 16.3 Å². The van der Waals surface area contributed by atoms with E-state index in [9.17, 15) is 13.6 Å². The summed E-state index contributed by atoms with van der Waals surface area (Å²) in [5.41, 5.74) is 1.68. The number of aromatic amines is 1. The Morgan fingerprint density at radius 1 is 1.26 bits per heavy atom. The lowest BCUT2D eigenvalue weighted by atomic mass is 10.0. The van der Waals surface area contributed by atoms with Gasteiger partial charge in [0.25, 0.3) is 0 Å². The van der Waals surface area contributed by atoms with Gasteiger partial charge < -0.3 is 10.1 Å². The van der Waals surface area contributed by atoms with Crippen LogP contribution in [0, 0.1) is 11.6 Å². The molecule has 2 N–H and O–H groups in total. The molecule has 0 radical (unpaired) electrons. The predicted molar refractivity (Wildman–Crippen MR) is 84.8 cm³/mol. The number of hydrogen-bond donors (Lipinski definition) is 2. The molecule has 0 saturated carbocycles. The molecule has 0 aliphatic heterocycles. The summed E-state index contributed by atoms with van der Waals surface area (Å²) < 4.78 is 27.0. The number of hydrogen-bond acceptors (Lipinski definition) is 3. The van der Waals surface area contributed by atoms with Crippen molar-refractivity contribution in [3.05, 3.63) is 47.0 Å². The van der Waals surface area contributed by atoms with Crippen LogP contribution >= 0.6 is 23.4 Å². The minimum atomic E-state index is -0.956. The van der Waals surface area contributed by atoms with Gasteiger partial charge in [0.1, 0.15) is 11.6 Å². The fraction of sp³-hybridized carbons (Fsp3) is 0.0667. The number of benzene rings is 2. The highest BCUT2D eigenvalue weighted by molar-refractivity contribution is 7.99. The Balaban J connectivity index is 2.04. The Hall–Kier alpha value is -2.12. The maximum atomic E-state index is 13.9. The van der Waals surface area contributed by atoms with Crippen molar-refractivity contribution in [2.75, 3.05) is 5.75 Å². The molecular formula is C15H9ClF2N2O2S. The zero-order chi connectivity index (χ0) is 16.6. The maximum Gasteiger partial charge on any atom is 0.313 e. The molecule has 3 rings (SSSR count). The standard InChI is InChI=1S/C15H9ClF2N2O2S/c16-10-5-13-12(19-15(20-13)23-6-14(21)22)4-9(10)8-2-1-7(17)3-11(8)18/h1-5H,6H2,(H,19,20)(H,21,22).